The van der Waals surface area contributed by atoms with Gasteiger partial charge in [0.1, 0.15) is 4.90 Å². The summed E-state index contributed by atoms with van der Waals surface area (Å²) in [4.78, 5) is 5.41. The molecular weight excluding hydrogens is 402 g/mol. The van der Waals surface area contributed by atoms with Gasteiger partial charge in [-0.15, -0.1) is 0 Å². The summed E-state index contributed by atoms with van der Waals surface area (Å²) >= 11 is 5.81. The van der Waals surface area contributed by atoms with Gasteiger partial charge in [-0.2, -0.15) is 18.2 Å². The van der Waals surface area contributed by atoms with Crippen LogP contribution < -0.4 is 9.46 Å². The van der Waals surface area contributed by atoms with Crippen molar-refractivity contribution in [1.82, 2.24) is 9.97 Å². The van der Waals surface area contributed by atoms with E-state index in [9.17, 15) is 26.0 Å². The smallest absolute Gasteiger partial charge is 0.387 e. The molecule has 1 aromatic carbocycles. The highest BCUT2D eigenvalue weighted by Gasteiger charge is 2.23. The Labute approximate surface area is 148 Å². The third-order valence-corrected chi connectivity index (χ3v) is 4.85. The molecule has 2 N–H and O–H groups in total. The Morgan fingerprint density at radius 2 is 1.96 bits per heavy atom. The lowest BCUT2D eigenvalue weighted by molar-refractivity contribution is -0.0528. The predicted octanol–water partition coefficient (Wildman–Crippen LogP) is 3.90. The highest BCUT2D eigenvalue weighted by Crippen LogP contribution is 2.28. The number of pyridine rings is 1. The molecule has 0 saturated heterocycles. The second-order valence-corrected chi connectivity index (χ2v) is 7.02. The van der Waals surface area contributed by atoms with Crippen molar-refractivity contribution in [1.29, 1.82) is 0 Å². The second-order valence-electron chi connectivity index (χ2n) is 4.93. The van der Waals surface area contributed by atoms with Crippen LogP contribution in [-0.2, 0) is 10.0 Å². The van der Waals surface area contributed by atoms with Gasteiger partial charge < -0.3 is 9.72 Å². The first-order chi connectivity index (χ1) is 12.2. The van der Waals surface area contributed by atoms with Crippen molar-refractivity contribution in [2.24, 2.45) is 0 Å². The quantitative estimate of drug-likeness (QED) is 0.494. The van der Waals surface area contributed by atoms with Crippen LogP contribution in [0.3, 0.4) is 0 Å². The van der Waals surface area contributed by atoms with Gasteiger partial charge in [0, 0.05) is 28.2 Å². The molecule has 0 aliphatic heterocycles. The molecule has 0 spiro atoms. The Hall–Kier alpha value is -2.53. The number of anilines is 1. The number of benzene rings is 1. The van der Waals surface area contributed by atoms with Crippen molar-refractivity contribution in [3.63, 3.8) is 0 Å². The third kappa shape index (κ3) is 3.53. The van der Waals surface area contributed by atoms with Crippen LogP contribution in [0.15, 0.2) is 35.4 Å². The fourth-order valence-electron chi connectivity index (χ4n) is 2.18. The molecular formula is C14H8ClF4N3O3S. The maximum Gasteiger partial charge on any atom is 0.387 e. The minimum absolute atomic E-state index is 0.250. The fourth-order valence-corrected chi connectivity index (χ4v) is 3.54. The van der Waals surface area contributed by atoms with Crippen molar-refractivity contribution in [3.8, 4) is 5.75 Å². The van der Waals surface area contributed by atoms with Gasteiger partial charge in [-0.3, -0.25) is 4.72 Å². The topological polar surface area (TPSA) is 84.1 Å². The molecule has 0 amide bonds. The molecule has 138 valence electrons. The number of hydrogen-bond acceptors (Lipinski definition) is 4. The van der Waals surface area contributed by atoms with E-state index in [1.807, 2.05) is 0 Å². The molecule has 3 aromatic rings. The normalized spacial score (nSPS) is 11.9. The van der Waals surface area contributed by atoms with E-state index in [4.69, 9.17) is 11.6 Å². The highest BCUT2D eigenvalue weighted by atomic mass is 35.5. The number of nitrogens with zero attached hydrogens (tertiary/aromatic N) is 1. The van der Waals surface area contributed by atoms with Gasteiger partial charge >= 0.3 is 6.61 Å². The SMILES string of the molecule is O=S(=O)(Nc1nc(F)c(OC(F)F)cc1F)c1c[nH]c2cc(Cl)ccc12. The minimum atomic E-state index is -4.37. The van der Waals surface area contributed by atoms with Gasteiger partial charge in [-0.05, 0) is 18.2 Å². The van der Waals surface area contributed by atoms with Crippen LogP contribution in [0.2, 0.25) is 5.02 Å². The van der Waals surface area contributed by atoms with Crippen LogP contribution in [0.5, 0.6) is 5.75 Å². The summed E-state index contributed by atoms with van der Waals surface area (Å²) in [6, 6.07) is 4.62. The van der Waals surface area contributed by atoms with Gasteiger partial charge in [-0.1, -0.05) is 11.6 Å². The average molecular weight is 410 g/mol. The Balaban J connectivity index is 1.98. The van der Waals surface area contributed by atoms with E-state index in [-0.39, 0.29) is 16.3 Å². The lowest BCUT2D eigenvalue weighted by atomic mass is 10.2. The molecule has 0 fully saturated rings. The maximum absolute atomic E-state index is 13.9. The largest absolute Gasteiger partial charge is 0.430 e. The maximum atomic E-state index is 13.9. The number of ether oxygens (including phenoxy) is 1. The molecule has 0 aliphatic carbocycles. The van der Waals surface area contributed by atoms with Crippen LogP contribution >= 0.6 is 11.6 Å². The highest BCUT2D eigenvalue weighted by molar-refractivity contribution is 7.93. The van der Waals surface area contributed by atoms with E-state index in [2.05, 4.69) is 14.7 Å². The number of hydrogen-bond donors (Lipinski definition) is 2. The molecule has 3 rings (SSSR count). The number of alkyl halides is 2. The van der Waals surface area contributed by atoms with Crippen LogP contribution in [0.25, 0.3) is 10.9 Å². The van der Waals surface area contributed by atoms with E-state index in [1.165, 1.54) is 18.2 Å². The van der Waals surface area contributed by atoms with Gasteiger partial charge in [0.25, 0.3) is 16.0 Å². The summed E-state index contributed by atoms with van der Waals surface area (Å²) in [6.07, 6.45) is 1.13. The van der Waals surface area contributed by atoms with E-state index < -0.39 is 40.0 Å². The number of sulfonamides is 1. The molecule has 0 unspecified atom stereocenters. The average Bonchev–Trinajstić information content (AvgIpc) is 2.95. The van der Waals surface area contributed by atoms with E-state index in [1.54, 1.807) is 4.72 Å². The summed E-state index contributed by atoms with van der Waals surface area (Å²) < 4.78 is 82.1. The number of nitrogens with one attached hydrogen (secondary N) is 2. The first-order valence-electron chi connectivity index (χ1n) is 6.77. The van der Waals surface area contributed by atoms with E-state index in [0.29, 0.717) is 10.5 Å². The number of halogens is 5. The first kappa shape index (κ1) is 18.3. The van der Waals surface area contributed by atoms with Gasteiger partial charge in [-0.25, -0.2) is 12.8 Å². The van der Waals surface area contributed by atoms with Gasteiger partial charge in [0.2, 0.25) is 0 Å². The van der Waals surface area contributed by atoms with E-state index in [0.717, 1.165) is 6.20 Å². The lowest BCUT2D eigenvalue weighted by Gasteiger charge is -2.10. The van der Waals surface area contributed by atoms with Crippen LogP contribution in [0.4, 0.5) is 23.4 Å². The van der Waals surface area contributed by atoms with Crippen molar-refractivity contribution >= 4 is 38.3 Å². The Kier molecular flexibility index (Phi) is 4.67. The number of aromatic amines is 1. The Bertz CT molecular complexity index is 1090. The Morgan fingerprint density at radius 3 is 2.65 bits per heavy atom. The summed E-state index contributed by atoms with van der Waals surface area (Å²) in [5.74, 6) is -5.15. The minimum Gasteiger partial charge on any atom is -0.430 e. The molecule has 0 atom stereocenters. The number of fused-ring (bicyclic) bond motifs is 1. The second kappa shape index (κ2) is 6.65. The molecule has 0 bridgehead atoms. The zero-order valence-electron chi connectivity index (χ0n) is 12.4. The van der Waals surface area contributed by atoms with Crippen molar-refractivity contribution in [3.05, 3.63) is 47.2 Å². The molecule has 2 heterocycles. The van der Waals surface area contributed by atoms with E-state index >= 15 is 0 Å². The van der Waals surface area contributed by atoms with Crippen molar-refractivity contribution in [2.75, 3.05) is 4.72 Å². The molecule has 0 saturated carbocycles. The van der Waals surface area contributed by atoms with Crippen LogP contribution in [-0.4, -0.2) is 25.0 Å². The van der Waals surface area contributed by atoms with Gasteiger partial charge in [0.15, 0.2) is 17.4 Å². The predicted molar refractivity (Wildman–Crippen MR) is 84.9 cm³/mol. The van der Waals surface area contributed by atoms with Crippen molar-refractivity contribution in [2.45, 2.75) is 11.5 Å². The summed E-state index contributed by atoms with van der Waals surface area (Å²) in [7, 11) is -4.37. The summed E-state index contributed by atoms with van der Waals surface area (Å²) in [5.41, 5.74) is 0.401. The number of aromatic nitrogens is 2. The van der Waals surface area contributed by atoms with Gasteiger partial charge in [0.05, 0.1) is 0 Å². The van der Waals surface area contributed by atoms with Crippen molar-refractivity contribution < 1.29 is 30.7 Å². The zero-order valence-corrected chi connectivity index (χ0v) is 14.0. The summed E-state index contributed by atoms with van der Waals surface area (Å²) in [5, 5.41) is 0.612. The van der Waals surface area contributed by atoms with Crippen LogP contribution in [0.1, 0.15) is 0 Å². The number of rotatable bonds is 5. The Morgan fingerprint density at radius 1 is 1.23 bits per heavy atom. The molecule has 26 heavy (non-hydrogen) atoms. The van der Waals surface area contributed by atoms with Crippen LogP contribution in [0, 0.1) is 11.8 Å². The number of H-pyrrole nitrogens is 1. The fraction of sp³-hybridized carbons (Fsp3) is 0.0714. The molecule has 0 aliphatic rings. The molecule has 0 radical (unpaired) electrons. The third-order valence-electron chi connectivity index (χ3n) is 3.24. The molecule has 12 heteroatoms. The molecule has 6 nitrogen and oxygen atoms in total. The molecule has 2 aromatic heterocycles. The first-order valence-corrected chi connectivity index (χ1v) is 8.64. The standard InChI is InChI=1S/C14H8ClF4N3O3S/c15-6-1-2-7-9(3-6)20-5-11(7)26(23,24)22-13-8(16)4-10(12(17)21-13)25-14(18)19/h1-5,14,20H,(H,21,22). The zero-order chi connectivity index (χ0) is 19.1. The monoisotopic (exact) mass is 409 g/mol. The lowest BCUT2D eigenvalue weighted by Crippen LogP contribution is -2.16. The summed E-state index contributed by atoms with van der Waals surface area (Å²) in [6.45, 7) is -3.40.